The van der Waals surface area contributed by atoms with Crippen LogP contribution < -0.4 is 15.5 Å². The Bertz CT molecular complexity index is 923. The van der Waals surface area contributed by atoms with Gasteiger partial charge in [0.1, 0.15) is 6.04 Å². The number of imide groups is 2. The zero-order chi connectivity index (χ0) is 20.2. The van der Waals surface area contributed by atoms with Crippen molar-refractivity contribution in [1.29, 1.82) is 0 Å². The molecule has 1 spiro atoms. The fourth-order valence-corrected chi connectivity index (χ4v) is 4.70. The van der Waals surface area contributed by atoms with Gasteiger partial charge in [0.15, 0.2) is 0 Å². The number of nitrogens with one attached hydrogen (secondary N) is 2. The molecule has 5 rings (SSSR count). The number of piperidine rings is 1. The van der Waals surface area contributed by atoms with Crippen LogP contribution in [0.2, 0.25) is 0 Å². The number of ether oxygens (including phenoxy) is 1. The van der Waals surface area contributed by atoms with Crippen LogP contribution in [0.5, 0.6) is 0 Å². The van der Waals surface area contributed by atoms with Gasteiger partial charge in [-0.25, -0.2) is 0 Å². The van der Waals surface area contributed by atoms with E-state index < -0.39 is 23.8 Å². The Kier molecular flexibility index (Phi) is 4.18. The molecule has 0 aromatic heterocycles. The second-order valence-corrected chi connectivity index (χ2v) is 8.06. The number of hydrogen-bond acceptors (Lipinski definition) is 7. The lowest BCUT2D eigenvalue weighted by Gasteiger charge is -2.41. The molecule has 2 N–H and O–H groups in total. The highest BCUT2D eigenvalue weighted by Gasteiger charge is 2.45. The number of benzene rings is 1. The summed E-state index contributed by atoms with van der Waals surface area (Å²) < 4.78 is 6.02. The largest absolute Gasteiger partial charge is 0.370 e. The lowest BCUT2D eigenvalue weighted by molar-refractivity contribution is -0.136. The fourth-order valence-electron chi connectivity index (χ4n) is 4.70. The normalized spacial score (nSPS) is 29.6. The molecule has 4 aliphatic heterocycles. The average molecular weight is 398 g/mol. The molecule has 3 saturated heterocycles. The number of carbonyl (C=O) groups excluding carboxylic acids is 4. The van der Waals surface area contributed by atoms with Crippen LogP contribution >= 0.6 is 0 Å². The van der Waals surface area contributed by atoms with Crippen molar-refractivity contribution < 1.29 is 23.9 Å². The number of hydrogen-bond donors (Lipinski definition) is 2. The van der Waals surface area contributed by atoms with Crippen LogP contribution in [-0.2, 0) is 14.3 Å². The molecule has 9 nitrogen and oxygen atoms in total. The van der Waals surface area contributed by atoms with E-state index in [9.17, 15) is 19.2 Å². The lowest BCUT2D eigenvalue weighted by atomic mass is 9.99. The molecule has 4 aliphatic rings. The highest BCUT2D eigenvalue weighted by atomic mass is 16.5. The number of fused-ring (bicyclic) bond motifs is 1. The van der Waals surface area contributed by atoms with E-state index in [1.807, 2.05) is 6.07 Å². The van der Waals surface area contributed by atoms with E-state index >= 15 is 0 Å². The number of amides is 4. The predicted molar refractivity (Wildman–Crippen MR) is 101 cm³/mol. The van der Waals surface area contributed by atoms with E-state index in [1.54, 1.807) is 12.1 Å². The highest BCUT2D eigenvalue weighted by Crippen LogP contribution is 2.33. The van der Waals surface area contributed by atoms with Gasteiger partial charge in [-0.05, 0) is 37.6 Å². The van der Waals surface area contributed by atoms with E-state index in [1.165, 1.54) is 0 Å². The van der Waals surface area contributed by atoms with Crippen LogP contribution in [0.3, 0.4) is 0 Å². The Balaban J connectivity index is 1.41. The third-order valence-corrected chi connectivity index (χ3v) is 6.24. The zero-order valence-electron chi connectivity index (χ0n) is 15.9. The molecule has 2 atom stereocenters. The molecule has 2 unspecified atom stereocenters. The zero-order valence-corrected chi connectivity index (χ0v) is 15.9. The molecule has 1 aromatic carbocycles. The van der Waals surface area contributed by atoms with Gasteiger partial charge in [-0.3, -0.25) is 29.4 Å². The minimum Gasteiger partial charge on any atom is -0.370 e. The van der Waals surface area contributed by atoms with Crippen molar-refractivity contribution in [3.63, 3.8) is 0 Å². The number of morpholine rings is 1. The van der Waals surface area contributed by atoms with Crippen LogP contribution in [0.15, 0.2) is 18.2 Å². The molecular weight excluding hydrogens is 376 g/mol. The summed E-state index contributed by atoms with van der Waals surface area (Å²) in [6.07, 6.45) is 1.20. The van der Waals surface area contributed by atoms with Gasteiger partial charge in [-0.2, -0.15) is 0 Å². The fraction of sp³-hybridized carbons (Fsp3) is 0.500. The second-order valence-electron chi connectivity index (χ2n) is 8.06. The number of carbonyl (C=O) groups is 4. The summed E-state index contributed by atoms with van der Waals surface area (Å²) in [4.78, 5) is 52.6. The Hall–Kier alpha value is -2.78. The summed E-state index contributed by atoms with van der Waals surface area (Å²) in [6, 6.07) is 4.30. The first kappa shape index (κ1) is 18.3. The first-order chi connectivity index (χ1) is 14.0. The summed E-state index contributed by atoms with van der Waals surface area (Å²) in [5.41, 5.74) is 1.26. The van der Waals surface area contributed by atoms with Crippen molar-refractivity contribution in [3.8, 4) is 0 Å². The van der Waals surface area contributed by atoms with Gasteiger partial charge in [0, 0.05) is 31.7 Å². The lowest BCUT2D eigenvalue weighted by Crippen LogP contribution is -2.54. The summed E-state index contributed by atoms with van der Waals surface area (Å²) in [7, 11) is 0. The summed E-state index contributed by atoms with van der Waals surface area (Å²) in [5.74, 6) is -1.94. The second kappa shape index (κ2) is 6.64. The third kappa shape index (κ3) is 2.92. The van der Waals surface area contributed by atoms with E-state index in [0.29, 0.717) is 24.3 Å². The minimum atomic E-state index is -0.945. The molecule has 29 heavy (non-hydrogen) atoms. The smallest absolute Gasteiger partial charge is 0.262 e. The topological polar surface area (TPSA) is 108 Å². The minimum absolute atomic E-state index is 0.110. The predicted octanol–water partition coefficient (Wildman–Crippen LogP) is -0.343. The maximum Gasteiger partial charge on any atom is 0.262 e. The number of rotatable bonds is 2. The average Bonchev–Trinajstić information content (AvgIpc) is 3.25. The Morgan fingerprint density at radius 1 is 1.10 bits per heavy atom. The Labute approximate surface area is 167 Å². The van der Waals surface area contributed by atoms with Gasteiger partial charge < -0.3 is 15.0 Å². The molecular formula is C20H22N4O5. The van der Waals surface area contributed by atoms with Crippen LogP contribution in [0.1, 0.15) is 40.0 Å². The molecule has 4 heterocycles. The molecule has 9 heteroatoms. The summed E-state index contributed by atoms with van der Waals surface area (Å²) in [5, 5.41) is 5.55. The monoisotopic (exact) mass is 398 g/mol. The molecule has 3 fully saturated rings. The van der Waals surface area contributed by atoms with Gasteiger partial charge in [0.25, 0.3) is 11.8 Å². The van der Waals surface area contributed by atoms with Crippen LogP contribution in [-0.4, -0.2) is 73.0 Å². The standard InChI is InChI=1S/C20H22N4O5/c25-16-4-3-15(17(26)22-16)24-18(27)13-2-1-12(9-14(13)19(24)28)23-7-8-29-20(11-23)5-6-21-10-20/h1-2,9,15,21H,3-8,10-11H2,(H,22,25,26). The van der Waals surface area contributed by atoms with E-state index in [4.69, 9.17) is 4.74 Å². The van der Waals surface area contributed by atoms with Crippen molar-refractivity contribution in [1.82, 2.24) is 15.5 Å². The van der Waals surface area contributed by atoms with E-state index in [2.05, 4.69) is 15.5 Å². The summed E-state index contributed by atoms with van der Waals surface area (Å²) >= 11 is 0. The van der Waals surface area contributed by atoms with Gasteiger partial charge in [0.05, 0.1) is 23.3 Å². The van der Waals surface area contributed by atoms with Crippen LogP contribution in [0.25, 0.3) is 0 Å². The molecule has 0 saturated carbocycles. The first-order valence-corrected chi connectivity index (χ1v) is 9.93. The Morgan fingerprint density at radius 2 is 1.93 bits per heavy atom. The SMILES string of the molecule is O=C1CCC(N2C(=O)c3ccc(N4CCOC5(CCNC5)C4)cc3C2=O)C(=O)N1. The van der Waals surface area contributed by atoms with Crippen LogP contribution in [0.4, 0.5) is 5.69 Å². The van der Waals surface area contributed by atoms with Crippen LogP contribution in [0, 0.1) is 0 Å². The molecule has 152 valence electrons. The van der Waals surface area contributed by atoms with E-state index in [0.717, 1.165) is 36.6 Å². The van der Waals surface area contributed by atoms with Gasteiger partial charge >= 0.3 is 0 Å². The first-order valence-electron chi connectivity index (χ1n) is 9.93. The molecule has 0 radical (unpaired) electrons. The maximum absolute atomic E-state index is 13.0. The van der Waals surface area contributed by atoms with Crippen molar-refractivity contribution in [2.45, 2.75) is 30.9 Å². The molecule has 1 aromatic rings. The van der Waals surface area contributed by atoms with Crippen molar-refractivity contribution in [2.75, 3.05) is 37.7 Å². The van der Waals surface area contributed by atoms with Crippen molar-refractivity contribution in [3.05, 3.63) is 29.3 Å². The number of nitrogens with zero attached hydrogens (tertiary/aromatic N) is 2. The third-order valence-electron chi connectivity index (χ3n) is 6.24. The quantitative estimate of drug-likeness (QED) is 0.656. The molecule has 0 bridgehead atoms. The van der Waals surface area contributed by atoms with Crippen molar-refractivity contribution >= 4 is 29.3 Å². The van der Waals surface area contributed by atoms with Crippen molar-refractivity contribution in [2.24, 2.45) is 0 Å². The van der Waals surface area contributed by atoms with Gasteiger partial charge in [-0.15, -0.1) is 0 Å². The van der Waals surface area contributed by atoms with Gasteiger partial charge in [-0.1, -0.05) is 0 Å². The molecule has 0 aliphatic carbocycles. The maximum atomic E-state index is 13.0. The highest BCUT2D eigenvalue weighted by molar-refractivity contribution is 6.23. The number of anilines is 1. The Morgan fingerprint density at radius 3 is 2.69 bits per heavy atom. The van der Waals surface area contributed by atoms with E-state index in [-0.39, 0.29) is 24.3 Å². The van der Waals surface area contributed by atoms with Gasteiger partial charge in [0.2, 0.25) is 11.8 Å². The summed E-state index contributed by atoms with van der Waals surface area (Å²) in [6.45, 7) is 3.76. The molecule has 4 amide bonds.